The monoisotopic (exact) mass is 291 g/mol. The lowest BCUT2D eigenvalue weighted by Gasteiger charge is -2.24. The topological polar surface area (TPSA) is 69.6 Å². The van der Waals surface area contributed by atoms with Crippen molar-refractivity contribution in [2.45, 2.75) is 32.7 Å². The van der Waals surface area contributed by atoms with E-state index in [1.807, 2.05) is 45.0 Å². The number of nitriles is 2. The van der Waals surface area contributed by atoms with Gasteiger partial charge in [0.2, 0.25) is 0 Å². The predicted octanol–water partition coefficient (Wildman–Crippen LogP) is 2.94. The summed E-state index contributed by atoms with van der Waals surface area (Å²) in [6.45, 7) is 6.47. The fourth-order valence-electron chi connectivity index (χ4n) is 2.34. The third-order valence-corrected chi connectivity index (χ3v) is 3.49. The van der Waals surface area contributed by atoms with Gasteiger partial charge >= 0.3 is 0 Å². The standard InChI is InChI=1S/C18H17N3O/c1-18(2,3)16-9-8-15(11-20)17(22)21(16)12-14-6-4-13(10-19)5-7-14/h4-9H,12H2,1-3H3. The maximum atomic E-state index is 12.5. The zero-order chi connectivity index (χ0) is 16.3. The zero-order valence-corrected chi connectivity index (χ0v) is 12.9. The third-order valence-electron chi connectivity index (χ3n) is 3.49. The molecule has 4 heteroatoms. The molecule has 1 aromatic heterocycles. The Morgan fingerprint density at radius 1 is 1.00 bits per heavy atom. The van der Waals surface area contributed by atoms with Crippen molar-refractivity contribution in [2.75, 3.05) is 0 Å². The molecule has 4 nitrogen and oxygen atoms in total. The second-order valence-electron chi connectivity index (χ2n) is 6.19. The van der Waals surface area contributed by atoms with Gasteiger partial charge in [-0.2, -0.15) is 10.5 Å². The van der Waals surface area contributed by atoms with Gasteiger partial charge in [-0.1, -0.05) is 32.9 Å². The van der Waals surface area contributed by atoms with Crippen molar-refractivity contribution in [3.8, 4) is 12.1 Å². The number of nitrogens with zero attached hydrogens (tertiary/aromatic N) is 3. The maximum absolute atomic E-state index is 12.5. The van der Waals surface area contributed by atoms with Crippen molar-refractivity contribution in [3.63, 3.8) is 0 Å². The van der Waals surface area contributed by atoms with E-state index in [1.54, 1.807) is 22.8 Å². The molecule has 0 aliphatic rings. The van der Waals surface area contributed by atoms with E-state index in [0.717, 1.165) is 11.3 Å². The molecule has 0 unspecified atom stereocenters. The van der Waals surface area contributed by atoms with Crippen molar-refractivity contribution in [1.82, 2.24) is 4.57 Å². The molecule has 0 amide bonds. The minimum absolute atomic E-state index is 0.140. The molecule has 2 aromatic rings. The average molecular weight is 291 g/mol. The van der Waals surface area contributed by atoms with Crippen LogP contribution in [-0.4, -0.2) is 4.57 Å². The zero-order valence-electron chi connectivity index (χ0n) is 12.9. The number of pyridine rings is 1. The van der Waals surface area contributed by atoms with E-state index in [1.165, 1.54) is 0 Å². The second-order valence-corrected chi connectivity index (χ2v) is 6.19. The quantitative estimate of drug-likeness (QED) is 0.854. The van der Waals surface area contributed by atoms with E-state index in [4.69, 9.17) is 10.5 Å². The number of benzene rings is 1. The highest BCUT2D eigenvalue weighted by Gasteiger charge is 2.20. The Kier molecular flexibility index (Phi) is 4.15. The Labute approximate surface area is 129 Å². The number of hydrogen-bond acceptors (Lipinski definition) is 3. The largest absolute Gasteiger partial charge is 0.307 e. The average Bonchev–Trinajstić information content (AvgIpc) is 2.48. The van der Waals surface area contributed by atoms with Crippen LogP contribution in [0.4, 0.5) is 0 Å². The van der Waals surface area contributed by atoms with Crippen LogP contribution in [0.3, 0.4) is 0 Å². The van der Waals surface area contributed by atoms with Gasteiger partial charge in [0.05, 0.1) is 18.2 Å². The van der Waals surface area contributed by atoms with Gasteiger partial charge in [-0.25, -0.2) is 0 Å². The lowest BCUT2D eigenvalue weighted by atomic mass is 9.90. The molecule has 110 valence electrons. The summed E-state index contributed by atoms with van der Waals surface area (Å²) >= 11 is 0. The van der Waals surface area contributed by atoms with Gasteiger partial charge in [0.1, 0.15) is 11.6 Å². The van der Waals surface area contributed by atoms with Crippen LogP contribution in [0.2, 0.25) is 0 Å². The normalized spacial score (nSPS) is 10.8. The predicted molar refractivity (Wildman–Crippen MR) is 84.4 cm³/mol. The highest BCUT2D eigenvalue weighted by Crippen LogP contribution is 2.22. The molecular formula is C18H17N3O. The molecule has 0 N–H and O–H groups in total. The van der Waals surface area contributed by atoms with Crippen molar-refractivity contribution < 1.29 is 0 Å². The fourth-order valence-corrected chi connectivity index (χ4v) is 2.34. The van der Waals surface area contributed by atoms with Crippen molar-refractivity contribution in [1.29, 1.82) is 10.5 Å². The van der Waals surface area contributed by atoms with Crippen LogP contribution < -0.4 is 5.56 Å². The molecule has 0 saturated heterocycles. The Morgan fingerprint density at radius 2 is 1.64 bits per heavy atom. The summed E-state index contributed by atoms with van der Waals surface area (Å²) in [6.07, 6.45) is 0. The molecular weight excluding hydrogens is 274 g/mol. The molecule has 0 atom stereocenters. The number of hydrogen-bond donors (Lipinski definition) is 0. The van der Waals surface area contributed by atoms with Crippen LogP contribution in [0.25, 0.3) is 0 Å². The molecule has 1 heterocycles. The summed E-state index contributed by atoms with van der Waals surface area (Å²) < 4.78 is 1.64. The van der Waals surface area contributed by atoms with Crippen LogP contribution in [0.1, 0.15) is 43.2 Å². The Balaban J connectivity index is 2.55. The van der Waals surface area contributed by atoms with Crippen LogP contribution in [0.15, 0.2) is 41.2 Å². The van der Waals surface area contributed by atoms with Gasteiger partial charge in [0, 0.05) is 11.1 Å². The third kappa shape index (κ3) is 3.07. The molecule has 0 aliphatic heterocycles. The second kappa shape index (κ2) is 5.87. The minimum Gasteiger partial charge on any atom is -0.307 e. The highest BCUT2D eigenvalue weighted by molar-refractivity contribution is 5.34. The molecule has 0 fully saturated rings. The first-order valence-corrected chi connectivity index (χ1v) is 7.00. The van der Waals surface area contributed by atoms with E-state index in [2.05, 4.69) is 6.07 Å². The van der Waals surface area contributed by atoms with E-state index < -0.39 is 0 Å². The van der Waals surface area contributed by atoms with Gasteiger partial charge in [-0.05, 0) is 29.8 Å². The molecule has 0 bridgehead atoms. The summed E-state index contributed by atoms with van der Waals surface area (Å²) in [4.78, 5) is 12.5. The van der Waals surface area contributed by atoms with Crippen LogP contribution in [-0.2, 0) is 12.0 Å². The molecule has 2 rings (SSSR count). The first kappa shape index (κ1) is 15.5. The van der Waals surface area contributed by atoms with Gasteiger partial charge in [0.25, 0.3) is 5.56 Å². The molecule has 0 spiro atoms. The molecule has 22 heavy (non-hydrogen) atoms. The first-order valence-electron chi connectivity index (χ1n) is 7.00. The fraction of sp³-hybridized carbons (Fsp3) is 0.278. The summed E-state index contributed by atoms with van der Waals surface area (Å²) in [5.74, 6) is 0. The number of aromatic nitrogens is 1. The smallest absolute Gasteiger partial charge is 0.268 e. The lowest BCUT2D eigenvalue weighted by molar-refractivity contribution is 0.517. The highest BCUT2D eigenvalue weighted by atomic mass is 16.1. The summed E-state index contributed by atoms with van der Waals surface area (Å²) in [7, 11) is 0. The lowest BCUT2D eigenvalue weighted by Crippen LogP contribution is -2.31. The Morgan fingerprint density at radius 3 is 2.14 bits per heavy atom. The maximum Gasteiger partial charge on any atom is 0.268 e. The van der Waals surface area contributed by atoms with E-state index >= 15 is 0 Å². The van der Waals surface area contributed by atoms with Gasteiger partial charge in [0.15, 0.2) is 0 Å². The first-order chi connectivity index (χ1) is 10.4. The SMILES string of the molecule is CC(C)(C)c1ccc(C#N)c(=O)n1Cc1ccc(C#N)cc1. The minimum atomic E-state index is -0.278. The Bertz CT molecular complexity index is 825. The molecule has 0 saturated carbocycles. The van der Waals surface area contributed by atoms with Crippen molar-refractivity contribution >= 4 is 0 Å². The van der Waals surface area contributed by atoms with Gasteiger partial charge in [-0.3, -0.25) is 4.79 Å². The van der Waals surface area contributed by atoms with Crippen LogP contribution >= 0.6 is 0 Å². The van der Waals surface area contributed by atoms with Crippen molar-refractivity contribution in [2.24, 2.45) is 0 Å². The van der Waals surface area contributed by atoms with Crippen molar-refractivity contribution in [3.05, 3.63) is 69.1 Å². The molecule has 0 radical (unpaired) electrons. The summed E-state index contributed by atoms with van der Waals surface area (Å²) in [5, 5.41) is 17.9. The Hall–Kier alpha value is -2.85. The summed E-state index contributed by atoms with van der Waals surface area (Å²) in [5.41, 5.74) is 2.03. The van der Waals surface area contributed by atoms with Crippen LogP contribution in [0, 0.1) is 22.7 Å². The number of rotatable bonds is 2. The summed E-state index contributed by atoms with van der Waals surface area (Å²) in [6, 6.07) is 14.5. The van der Waals surface area contributed by atoms with Crippen LogP contribution in [0.5, 0.6) is 0 Å². The van der Waals surface area contributed by atoms with E-state index in [-0.39, 0.29) is 16.5 Å². The molecule has 1 aromatic carbocycles. The molecule has 0 aliphatic carbocycles. The van der Waals surface area contributed by atoms with E-state index in [0.29, 0.717) is 12.1 Å². The van der Waals surface area contributed by atoms with Gasteiger partial charge < -0.3 is 4.57 Å². The van der Waals surface area contributed by atoms with E-state index in [9.17, 15) is 4.79 Å². The van der Waals surface area contributed by atoms with Gasteiger partial charge in [-0.15, -0.1) is 0 Å².